The molecular weight excluding hydrogens is 1490 g/mol. The molecule has 15 unspecified atom stereocenters. The Labute approximate surface area is 670 Å². The van der Waals surface area contributed by atoms with E-state index in [2.05, 4.69) is 20.8 Å². The van der Waals surface area contributed by atoms with Crippen molar-refractivity contribution >= 4 is 0 Å². The summed E-state index contributed by atoms with van der Waals surface area (Å²) < 4.78 is 107. The minimum Gasteiger partial charge on any atom is -0.394 e. The molecule has 0 aliphatic carbocycles. The van der Waals surface area contributed by atoms with Crippen LogP contribution in [0.1, 0.15) is 220 Å². The van der Waals surface area contributed by atoms with Crippen LogP contribution in [0.3, 0.4) is 0 Å². The van der Waals surface area contributed by atoms with Gasteiger partial charge in [-0.05, 0) is 44.9 Å². The first-order valence-corrected chi connectivity index (χ1v) is 43.0. The number of aliphatic hydroxyl groups excluding tert-OH is 16. The van der Waals surface area contributed by atoms with Crippen molar-refractivity contribution in [3.05, 3.63) is 0 Å². The molecule has 5 saturated heterocycles. The molecule has 0 aromatic rings. The molecule has 5 heterocycles. The van der Waals surface area contributed by atoms with Gasteiger partial charge in [0.25, 0.3) is 0 Å². The van der Waals surface area contributed by atoms with Crippen LogP contribution in [-0.2, 0) is 80.5 Å². The van der Waals surface area contributed by atoms with Gasteiger partial charge >= 0.3 is 0 Å². The van der Waals surface area contributed by atoms with Gasteiger partial charge in [0.05, 0.1) is 91.3 Å². The summed E-state index contributed by atoms with van der Waals surface area (Å²) in [5.74, 6) is 0. The van der Waals surface area contributed by atoms with Crippen LogP contribution < -0.4 is 0 Å². The summed E-state index contributed by atoms with van der Waals surface area (Å²) in [5.41, 5.74) is -0.954. The second-order valence-electron chi connectivity index (χ2n) is 31.3. The Kier molecular flexibility index (Phi) is 55.2. The van der Waals surface area contributed by atoms with Crippen LogP contribution >= 0.6 is 0 Å². The molecule has 33 heteroatoms. The maximum atomic E-state index is 10.9. The molecule has 5 aliphatic heterocycles. The molecule has 670 valence electrons. The lowest BCUT2D eigenvalue weighted by molar-refractivity contribution is -0.332. The van der Waals surface area contributed by atoms with Crippen molar-refractivity contribution in [2.75, 3.05) is 132 Å². The minimum atomic E-state index is -1.71. The number of aliphatic hydroxyl groups is 16. The first-order valence-electron chi connectivity index (χ1n) is 43.0. The molecule has 0 spiro atoms. The van der Waals surface area contributed by atoms with Gasteiger partial charge in [0.15, 0.2) is 31.5 Å². The molecule has 25 atom stereocenters. The maximum absolute atomic E-state index is 10.9. The average molecular weight is 1640 g/mol. The molecule has 5 fully saturated rings. The normalized spacial score (nSPS) is 32.6. The summed E-state index contributed by atoms with van der Waals surface area (Å²) in [6.07, 6.45) is -5.81. The number of hydrogen-bond acceptors (Lipinski definition) is 33. The van der Waals surface area contributed by atoms with Gasteiger partial charge in [-0.1, -0.05) is 175 Å². The van der Waals surface area contributed by atoms with E-state index in [1.165, 1.54) is 96.3 Å². The van der Waals surface area contributed by atoms with Gasteiger partial charge in [0.2, 0.25) is 0 Å². The first-order chi connectivity index (χ1) is 54.8. The molecule has 0 saturated carbocycles. The van der Waals surface area contributed by atoms with Crippen LogP contribution in [0, 0.1) is 5.41 Å². The van der Waals surface area contributed by atoms with Gasteiger partial charge in [-0.3, -0.25) is 0 Å². The molecular formula is C80H152O33. The highest BCUT2D eigenvalue weighted by Crippen LogP contribution is 2.34. The Hall–Kier alpha value is -1.32. The fourth-order valence-electron chi connectivity index (χ4n) is 14.4. The third-order valence-corrected chi connectivity index (χ3v) is 21.6. The third-order valence-electron chi connectivity index (χ3n) is 21.6. The van der Waals surface area contributed by atoms with Gasteiger partial charge in [-0.2, -0.15) is 0 Å². The summed E-state index contributed by atoms with van der Waals surface area (Å²) in [4.78, 5) is 0. The zero-order valence-electron chi connectivity index (χ0n) is 68.1. The van der Waals surface area contributed by atoms with E-state index in [0.29, 0.717) is 19.8 Å². The fourth-order valence-corrected chi connectivity index (χ4v) is 14.4. The van der Waals surface area contributed by atoms with Gasteiger partial charge in [-0.15, -0.1) is 0 Å². The molecule has 0 bridgehead atoms. The molecule has 0 radical (unpaired) electrons. The van der Waals surface area contributed by atoms with Crippen molar-refractivity contribution in [1.29, 1.82) is 0 Å². The van der Waals surface area contributed by atoms with Crippen molar-refractivity contribution in [3.63, 3.8) is 0 Å². The monoisotopic (exact) mass is 1640 g/mol. The quantitative estimate of drug-likeness (QED) is 0.0389. The zero-order valence-corrected chi connectivity index (χ0v) is 68.1. The van der Waals surface area contributed by atoms with Crippen LogP contribution in [0.25, 0.3) is 0 Å². The predicted molar refractivity (Wildman–Crippen MR) is 409 cm³/mol. The topological polar surface area (TPSA) is 481 Å². The molecule has 33 nitrogen and oxygen atoms in total. The fraction of sp³-hybridized carbons (Fsp3) is 1.00. The average Bonchev–Trinajstić information content (AvgIpc) is 0.777. The van der Waals surface area contributed by atoms with Crippen LogP contribution in [0.2, 0.25) is 0 Å². The standard InChI is InChI=1S/C80H152O33/c1-4-7-10-13-16-19-22-25-28-35-98-51-80(52-99-36-29-26-23-20-17-14-11-8-5-2,53-100-37-30-27-24-21-18-15-12-9-6-3)54-108-79-74(103-41-34-45-107-78-71(96)67(92)63(88)58(49-84)112-78)73(102-40-33-44-106-77-70(95)66(91)62(87)57(48-83)111-77)72(101-39-32-43-105-76-69(94)65(90)61(86)56(47-82)110-76)59(113-79)50-97-38-31-42-104-75-68(93)64(89)60(85)55(46-81)109-75/h55-79,81-96H,4-54H2,1-3H3/t55?,56?,57?,58?,59?,60-,61-,62+,63-,64?,65?,66?,67?,68?,69?,70?,71?,72+,73?,74?,75-,76-,77-,78-,79-/m1/s1. The Bertz CT molecular complexity index is 2180. The van der Waals surface area contributed by atoms with Crippen molar-refractivity contribution in [2.24, 2.45) is 5.41 Å². The van der Waals surface area contributed by atoms with Crippen molar-refractivity contribution < 1.29 is 162 Å². The molecule has 113 heavy (non-hydrogen) atoms. The second kappa shape index (κ2) is 61.0. The van der Waals surface area contributed by atoms with E-state index < -0.39 is 185 Å². The summed E-state index contributed by atoms with van der Waals surface area (Å²) in [5, 5.41) is 167. The first kappa shape index (κ1) is 102. The van der Waals surface area contributed by atoms with Crippen molar-refractivity contribution in [3.8, 4) is 0 Å². The highest BCUT2D eigenvalue weighted by atomic mass is 16.7. The van der Waals surface area contributed by atoms with E-state index in [1.54, 1.807) is 0 Å². The van der Waals surface area contributed by atoms with E-state index in [1.807, 2.05) is 0 Å². The Morgan fingerprint density at radius 1 is 0.212 bits per heavy atom. The molecule has 5 rings (SSSR count). The van der Waals surface area contributed by atoms with Crippen LogP contribution in [0.15, 0.2) is 0 Å². The van der Waals surface area contributed by atoms with Crippen LogP contribution in [0.5, 0.6) is 0 Å². The zero-order chi connectivity index (χ0) is 82.0. The van der Waals surface area contributed by atoms with Gasteiger partial charge in [0.1, 0.15) is 122 Å². The number of hydrogen-bond donors (Lipinski definition) is 16. The lowest BCUT2D eigenvalue weighted by Crippen LogP contribution is -2.62. The maximum Gasteiger partial charge on any atom is 0.186 e. The second-order valence-corrected chi connectivity index (χ2v) is 31.3. The van der Waals surface area contributed by atoms with Crippen molar-refractivity contribution in [2.45, 2.75) is 373 Å². The van der Waals surface area contributed by atoms with E-state index in [9.17, 15) is 81.7 Å². The van der Waals surface area contributed by atoms with Crippen LogP contribution in [-0.4, -0.2) is 367 Å². The van der Waals surface area contributed by atoms with E-state index in [-0.39, 0.29) is 112 Å². The summed E-state index contributed by atoms with van der Waals surface area (Å²) in [6, 6.07) is 0. The van der Waals surface area contributed by atoms with Gasteiger partial charge < -0.3 is 162 Å². The number of rotatable bonds is 68. The Morgan fingerprint density at radius 2 is 0.460 bits per heavy atom. The number of ether oxygens (including phenoxy) is 17. The predicted octanol–water partition coefficient (Wildman–Crippen LogP) is 2.36. The van der Waals surface area contributed by atoms with Crippen molar-refractivity contribution in [1.82, 2.24) is 0 Å². The molecule has 5 aliphatic rings. The third kappa shape index (κ3) is 37.1. The van der Waals surface area contributed by atoms with Gasteiger partial charge in [0, 0.05) is 46.2 Å². The van der Waals surface area contributed by atoms with E-state index in [4.69, 9.17) is 80.5 Å². The van der Waals surface area contributed by atoms with E-state index in [0.717, 1.165) is 77.0 Å². The molecule has 0 amide bonds. The van der Waals surface area contributed by atoms with Crippen LogP contribution in [0.4, 0.5) is 0 Å². The summed E-state index contributed by atoms with van der Waals surface area (Å²) in [7, 11) is 0. The molecule has 0 aromatic heterocycles. The molecule has 16 N–H and O–H groups in total. The number of unbranched alkanes of at least 4 members (excludes halogenated alkanes) is 24. The van der Waals surface area contributed by atoms with Gasteiger partial charge in [-0.25, -0.2) is 0 Å². The SMILES string of the molecule is CCCCCCCCCCCOCC(COCCCCCCCCCCC)(COCCCCCCCCCCC)CO[C@@H]1OC(COCCCO[C@@H]2OC(CO)[C@@H](O)C(O)C2O)[C@H](OCCCO[C@@H]2OC(CO)[C@@H](O)C(O)C2O)C(OCCCO[C@@H]2OC(CO)[C@H](O)C(O)C2O)C1OCCCO[C@@H]1OC(CO)[C@@H](O)C(O)C1O. The summed E-state index contributed by atoms with van der Waals surface area (Å²) >= 11 is 0. The smallest absolute Gasteiger partial charge is 0.186 e. The summed E-state index contributed by atoms with van der Waals surface area (Å²) in [6.45, 7) is 4.65. The lowest BCUT2D eigenvalue weighted by Gasteiger charge is -2.46. The minimum absolute atomic E-state index is 0.0103. The molecule has 0 aromatic carbocycles. The highest BCUT2D eigenvalue weighted by Gasteiger charge is 2.52. The largest absolute Gasteiger partial charge is 0.394 e. The Morgan fingerprint density at radius 3 is 0.761 bits per heavy atom. The highest BCUT2D eigenvalue weighted by molar-refractivity contribution is 4.96. The van der Waals surface area contributed by atoms with E-state index >= 15 is 0 Å². The lowest BCUT2D eigenvalue weighted by atomic mass is 9.91. The Balaban J connectivity index is 1.53.